The van der Waals surface area contributed by atoms with E-state index >= 15 is 0 Å². The fourth-order valence-corrected chi connectivity index (χ4v) is 3.17. The number of pyridine rings is 3. The van der Waals surface area contributed by atoms with Crippen LogP contribution in [-0.2, 0) is 6.54 Å². The van der Waals surface area contributed by atoms with Crippen molar-refractivity contribution in [2.24, 2.45) is 0 Å². The first-order valence-corrected chi connectivity index (χ1v) is 7.98. The van der Waals surface area contributed by atoms with Gasteiger partial charge in [0.15, 0.2) is 0 Å². The van der Waals surface area contributed by atoms with Crippen LogP contribution in [-0.4, -0.2) is 18.9 Å². The highest BCUT2D eigenvalue weighted by molar-refractivity contribution is 9.10. The molecule has 0 saturated heterocycles. The van der Waals surface area contributed by atoms with Crippen LogP contribution in [0.4, 0.5) is 0 Å². The van der Waals surface area contributed by atoms with Crippen molar-refractivity contribution in [3.8, 4) is 0 Å². The Hall–Kier alpha value is -2.47. The zero-order chi connectivity index (χ0) is 16.0. The van der Waals surface area contributed by atoms with E-state index in [9.17, 15) is 4.79 Å². The lowest BCUT2D eigenvalue weighted by molar-refractivity contribution is 0.752. The molecule has 4 aromatic rings. The number of rotatable bonds is 2. The molecule has 4 rings (SSSR count). The second-order valence-electron chi connectivity index (χ2n) is 5.54. The maximum absolute atomic E-state index is 12.6. The van der Waals surface area contributed by atoms with Crippen LogP contribution in [0.2, 0.25) is 0 Å². The Balaban J connectivity index is 1.79. The Kier molecular flexibility index (Phi) is 3.27. The molecule has 0 fully saturated rings. The molecule has 0 N–H and O–H groups in total. The second-order valence-corrected chi connectivity index (χ2v) is 6.39. The van der Waals surface area contributed by atoms with Gasteiger partial charge in [0.25, 0.3) is 5.56 Å². The summed E-state index contributed by atoms with van der Waals surface area (Å²) in [6.07, 6.45) is 9.07. The second kappa shape index (κ2) is 5.31. The molecule has 0 atom stereocenters. The summed E-state index contributed by atoms with van der Waals surface area (Å²) in [5, 5.41) is 1.47. The van der Waals surface area contributed by atoms with E-state index in [1.165, 1.54) is 5.56 Å². The Bertz CT molecular complexity index is 1100. The largest absolute Gasteiger partial charge is 0.309 e. The summed E-state index contributed by atoms with van der Waals surface area (Å²) in [6.45, 7) is 2.47. The van der Waals surface area contributed by atoms with Gasteiger partial charge in [0.1, 0.15) is 5.65 Å². The first kappa shape index (κ1) is 14.1. The minimum Gasteiger partial charge on any atom is -0.309 e. The lowest BCUT2D eigenvalue weighted by Crippen LogP contribution is -2.20. The maximum Gasteiger partial charge on any atom is 0.260 e. The highest BCUT2D eigenvalue weighted by Crippen LogP contribution is 2.19. The number of imidazole rings is 1. The minimum atomic E-state index is -0.0652. The van der Waals surface area contributed by atoms with Crippen LogP contribution in [0, 0.1) is 6.92 Å². The standard InChI is InChI=1S/C17H13BrN4O/c1-11-2-3-16-20-12(10-22(16)8-11)9-21-5-4-13-14(17(21)23)6-19-7-15(13)18/h2-8,10H,9H2,1H3. The van der Waals surface area contributed by atoms with Crippen LogP contribution in [0.3, 0.4) is 0 Å². The molecule has 0 radical (unpaired) electrons. The molecule has 0 bridgehead atoms. The molecule has 0 aliphatic heterocycles. The molecule has 114 valence electrons. The summed E-state index contributed by atoms with van der Waals surface area (Å²) in [5.74, 6) is 0. The molecule has 4 aromatic heterocycles. The van der Waals surface area contributed by atoms with Crippen molar-refractivity contribution in [1.29, 1.82) is 0 Å². The molecule has 0 spiro atoms. The normalized spacial score (nSPS) is 11.4. The van der Waals surface area contributed by atoms with Gasteiger partial charge in [-0.15, -0.1) is 0 Å². The van der Waals surface area contributed by atoms with Gasteiger partial charge < -0.3 is 8.97 Å². The molecule has 0 unspecified atom stereocenters. The van der Waals surface area contributed by atoms with Crippen molar-refractivity contribution in [2.45, 2.75) is 13.5 Å². The highest BCUT2D eigenvalue weighted by atomic mass is 79.9. The average molecular weight is 369 g/mol. The molecule has 6 heteroatoms. The minimum absolute atomic E-state index is 0.0652. The Morgan fingerprint density at radius 2 is 2.00 bits per heavy atom. The number of fused-ring (bicyclic) bond motifs is 2. The molecular formula is C17H13BrN4O. The quantitative estimate of drug-likeness (QED) is 0.546. The van der Waals surface area contributed by atoms with E-state index in [4.69, 9.17) is 0 Å². The van der Waals surface area contributed by atoms with Crippen LogP contribution < -0.4 is 5.56 Å². The van der Waals surface area contributed by atoms with Crippen molar-refractivity contribution in [3.63, 3.8) is 0 Å². The van der Waals surface area contributed by atoms with Crippen molar-refractivity contribution in [2.75, 3.05) is 0 Å². The van der Waals surface area contributed by atoms with E-state index in [1.807, 2.05) is 41.9 Å². The topological polar surface area (TPSA) is 52.2 Å². The molecule has 0 aliphatic rings. The number of nitrogens with zero attached hydrogens (tertiary/aromatic N) is 4. The summed E-state index contributed by atoms with van der Waals surface area (Å²) >= 11 is 3.43. The molecule has 23 heavy (non-hydrogen) atoms. The van der Waals surface area contributed by atoms with E-state index in [2.05, 4.69) is 25.9 Å². The molecule has 0 aromatic carbocycles. The summed E-state index contributed by atoms with van der Waals surface area (Å²) in [5.41, 5.74) is 2.83. The fraction of sp³-hybridized carbons (Fsp3) is 0.118. The van der Waals surface area contributed by atoms with Gasteiger partial charge >= 0.3 is 0 Å². The Labute approximate surface area is 140 Å². The Morgan fingerprint density at radius 1 is 1.13 bits per heavy atom. The van der Waals surface area contributed by atoms with Crippen molar-refractivity contribution >= 4 is 32.3 Å². The lowest BCUT2D eigenvalue weighted by atomic mass is 10.2. The van der Waals surface area contributed by atoms with E-state index in [-0.39, 0.29) is 5.56 Å². The predicted octanol–water partition coefficient (Wildman–Crippen LogP) is 3.16. The third-order valence-corrected chi connectivity index (χ3v) is 4.46. The van der Waals surface area contributed by atoms with Crippen molar-refractivity contribution < 1.29 is 0 Å². The lowest BCUT2D eigenvalue weighted by Gasteiger charge is -2.06. The third-order valence-electron chi connectivity index (χ3n) is 3.83. The molecular weight excluding hydrogens is 356 g/mol. The van der Waals surface area contributed by atoms with Crippen LogP contribution in [0.5, 0.6) is 0 Å². The summed E-state index contributed by atoms with van der Waals surface area (Å²) < 4.78 is 4.46. The van der Waals surface area contributed by atoms with Crippen LogP contribution in [0.1, 0.15) is 11.3 Å². The van der Waals surface area contributed by atoms with E-state index in [0.717, 1.165) is 21.2 Å². The number of aromatic nitrogens is 4. The van der Waals surface area contributed by atoms with Gasteiger partial charge in [-0.25, -0.2) is 4.98 Å². The number of aryl methyl sites for hydroxylation is 1. The molecule has 0 amide bonds. The SMILES string of the molecule is Cc1ccc2nc(Cn3ccc4c(Br)cncc4c3=O)cn2c1. The molecule has 4 heterocycles. The molecule has 5 nitrogen and oxygen atoms in total. The number of hydrogen-bond donors (Lipinski definition) is 0. The summed E-state index contributed by atoms with van der Waals surface area (Å²) in [6, 6.07) is 5.92. The Morgan fingerprint density at radius 3 is 2.87 bits per heavy atom. The van der Waals surface area contributed by atoms with Crippen LogP contribution in [0.25, 0.3) is 16.4 Å². The first-order valence-electron chi connectivity index (χ1n) is 7.19. The van der Waals surface area contributed by atoms with Gasteiger partial charge in [0.2, 0.25) is 0 Å². The van der Waals surface area contributed by atoms with E-state index < -0.39 is 0 Å². The van der Waals surface area contributed by atoms with Crippen molar-refractivity contribution in [1.82, 2.24) is 18.9 Å². The maximum atomic E-state index is 12.6. The predicted molar refractivity (Wildman–Crippen MR) is 92.7 cm³/mol. The van der Waals surface area contributed by atoms with E-state index in [1.54, 1.807) is 23.2 Å². The third kappa shape index (κ3) is 2.45. The molecule has 0 saturated carbocycles. The van der Waals surface area contributed by atoms with Gasteiger partial charge in [-0.2, -0.15) is 0 Å². The van der Waals surface area contributed by atoms with Gasteiger partial charge in [0.05, 0.1) is 17.6 Å². The van der Waals surface area contributed by atoms with Crippen LogP contribution >= 0.6 is 15.9 Å². The smallest absolute Gasteiger partial charge is 0.260 e. The van der Waals surface area contributed by atoms with Crippen molar-refractivity contribution in [3.05, 3.63) is 75.3 Å². The monoisotopic (exact) mass is 368 g/mol. The summed E-state index contributed by atoms with van der Waals surface area (Å²) in [7, 11) is 0. The number of halogens is 1. The van der Waals surface area contributed by atoms with Gasteiger partial charge in [-0.05, 0) is 40.5 Å². The highest BCUT2D eigenvalue weighted by Gasteiger charge is 2.08. The molecule has 0 aliphatic carbocycles. The van der Waals surface area contributed by atoms with Gasteiger partial charge in [-0.3, -0.25) is 9.78 Å². The number of hydrogen-bond acceptors (Lipinski definition) is 3. The zero-order valence-corrected chi connectivity index (χ0v) is 14.0. The average Bonchev–Trinajstić information content (AvgIpc) is 2.92. The fourth-order valence-electron chi connectivity index (χ4n) is 2.70. The first-order chi connectivity index (χ1) is 11.1. The summed E-state index contributed by atoms with van der Waals surface area (Å²) in [4.78, 5) is 21.3. The van der Waals surface area contributed by atoms with E-state index in [0.29, 0.717) is 11.9 Å². The zero-order valence-electron chi connectivity index (χ0n) is 12.4. The van der Waals surface area contributed by atoms with Gasteiger partial charge in [-0.1, -0.05) is 6.07 Å². The van der Waals surface area contributed by atoms with Gasteiger partial charge in [0, 0.05) is 40.8 Å². The van der Waals surface area contributed by atoms with Crippen LogP contribution in [0.15, 0.2) is 58.5 Å².